The maximum absolute atomic E-state index is 5.80. The van der Waals surface area contributed by atoms with Crippen LogP contribution in [0.3, 0.4) is 0 Å². The van der Waals surface area contributed by atoms with E-state index in [1.54, 1.807) is 12.4 Å². The molecule has 1 N–H and O–H groups in total. The molecule has 3 saturated heterocycles. The molecule has 3 aliphatic rings. The molecular formula is C12H16N6O. The van der Waals surface area contributed by atoms with Crippen LogP contribution in [0.25, 0.3) is 11.5 Å². The molecule has 2 aromatic rings. The number of hydrogen-bond donors (Lipinski definition) is 1. The van der Waals surface area contributed by atoms with Crippen LogP contribution in [0.1, 0.15) is 12.8 Å². The van der Waals surface area contributed by atoms with Gasteiger partial charge in [-0.25, -0.2) is 0 Å². The van der Waals surface area contributed by atoms with Crippen molar-refractivity contribution in [3.05, 3.63) is 12.4 Å². The summed E-state index contributed by atoms with van der Waals surface area (Å²) in [5.74, 6) is 0.530. The van der Waals surface area contributed by atoms with Gasteiger partial charge >= 0.3 is 6.01 Å². The molecule has 7 heteroatoms. The normalized spacial score (nSPS) is 26.6. The molecule has 0 radical (unpaired) electrons. The minimum Gasteiger partial charge on any atom is -0.403 e. The Kier molecular flexibility index (Phi) is 2.51. The van der Waals surface area contributed by atoms with E-state index in [2.05, 4.69) is 30.2 Å². The van der Waals surface area contributed by atoms with Crippen molar-refractivity contribution in [3.63, 3.8) is 0 Å². The minimum atomic E-state index is 0.530. The number of nitrogens with one attached hydrogen (secondary N) is 1. The van der Waals surface area contributed by atoms with Crippen molar-refractivity contribution in [3.8, 4) is 11.5 Å². The first kappa shape index (κ1) is 11.0. The highest BCUT2D eigenvalue weighted by atomic mass is 16.4. The molecule has 3 fully saturated rings. The second-order valence-electron chi connectivity index (χ2n) is 5.14. The third kappa shape index (κ3) is 1.90. The molecule has 0 aromatic carbocycles. The average Bonchev–Trinajstić information content (AvgIpc) is 3.05. The van der Waals surface area contributed by atoms with Gasteiger partial charge in [-0.1, -0.05) is 5.10 Å². The number of fused-ring (bicyclic) bond motifs is 4. The molecule has 0 atom stereocenters. The van der Waals surface area contributed by atoms with Crippen LogP contribution < -0.4 is 4.90 Å². The summed E-state index contributed by atoms with van der Waals surface area (Å²) < 4.78 is 5.80. The Hall–Kier alpha value is -1.89. The van der Waals surface area contributed by atoms with Gasteiger partial charge in [0, 0.05) is 38.4 Å². The van der Waals surface area contributed by atoms with Crippen LogP contribution in [0.5, 0.6) is 0 Å². The summed E-state index contributed by atoms with van der Waals surface area (Å²) in [6, 6.07) is 1.18. The fourth-order valence-corrected chi connectivity index (χ4v) is 2.95. The fourth-order valence-electron chi connectivity index (χ4n) is 2.95. The summed E-state index contributed by atoms with van der Waals surface area (Å²) in [4.78, 5) is 4.77. The van der Waals surface area contributed by atoms with Gasteiger partial charge in [-0.05, 0) is 12.8 Å². The first-order valence-electron chi connectivity index (χ1n) is 6.72. The molecule has 100 valence electrons. The van der Waals surface area contributed by atoms with Gasteiger partial charge in [0.25, 0.3) is 5.89 Å². The first-order chi connectivity index (χ1) is 9.40. The summed E-state index contributed by atoms with van der Waals surface area (Å²) in [5.41, 5.74) is 0.835. The van der Waals surface area contributed by atoms with Crippen molar-refractivity contribution in [1.29, 1.82) is 0 Å². The zero-order chi connectivity index (χ0) is 12.7. The van der Waals surface area contributed by atoms with Crippen LogP contribution in [-0.4, -0.2) is 57.5 Å². The zero-order valence-corrected chi connectivity index (χ0v) is 10.6. The van der Waals surface area contributed by atoms with Crippen LogP contribution in [0.4, 0.5) is 6.01 Å². The van der Waals surface area contributed by atoms with Crippen molar-refractivity contribution < 1.29 is 4.42 Å². The number of nitrogens with zero attached hydrogens (tertiary/aromatic N) is 5. The summed E-state index contributed by atoms with van der Waals surface area (Å²) in [6.45, 7) is 4.42. The summed E-state index contributed by atoms with van der Waals surface area (Å²) in [5, 5.41) is 15.0. The average molecular weight is 260 g/mol. The Labute approximate surface area is 110 Å². The highest BCUT2D eigenvalue weighted by molar-refractivity contribution is 5.50. The number of aromatic amines is 1. The first-order valence-corrected chi connectivity index (χ1v) is 6.72. The zero-order valence-electron chi connectivity index (χ0n) is 10.6. The van der Waals surface area contributed by atoms with Crippen LogP contribution in [0.15, 0.2) is 16.8 Å². The van der Waals surface area contributed by atoms with Crippen molar-refractivity contribution >= 4 is 6.01 Å². The van der Waals surface area contributed by atoms with E-state index in [1.807, 2.05) is 0 Å². The highest BCUT2D eigenvalue weighted by Gasteiger charge is 2.31. The smallest absolute Gasteiger partial charge is 0.318 e. The Morgan fingerprint density at radius 3 is 2.84 bits per heavy atom. The number of piperidine rings is 1. The lowest BCUT2D eigenvalue weighted by molar-refractivity contribution is 0.249. The lowest BCUT2D eigenvalue weighted by Gasteiger charge is -2.29. The van der Waals surface area contributed by atoms with Gasteiger partial charge in [0.05, 0.1) is 11.8 Å². The number of hydrogen-bond acceptors (Lipinski definition) is 6. The topological polar surface area (TPSA) is 74.1 Å². The van der Waals surface area contributed by atoms with E-state index in [0.717, 1.165) is 18.7 Å². The molecule has 5 rings (SSSR count). The summed E-state index contributed by atoms with van der Waals surface area (Å²) in [6.07, 6.45) is 5.82. The van der Waals surface area contributed by atoms with Crippen molar-refractivity contribution in [2.75, 3.05) is 31.1 Å². The highest BCUT2D eigenvalue weighted by Crippen LogP contribution is 2.27. The van der Waals surface area contributed by atoms with Crippen LogP contribution in [-0.2, 0) is 0 Å². The van der Waals surface area contributed by atoms with E-state index in [0.29, 0.717) is 17.9 Å². The second kappa shape index (κ2) is 4.34. The van der Waals surface area contributed by atoms with Crippen LogP contribution in [0, 0.1) is 0 Å². The van der Waals surface area contributed by atoms with E-state index >= 15 is 0 Å². The van der Waals surface area contributed by atoms with Gasteiger partial charge in [-0.3, -0.25) is 5.10 Å². The monoisotopic (exact) mass is 260 g/mol. The second-order valence-corrected chi connectivity index (χ2v) is 5.14. The number of rotatable bonds is 2. The number of aromatic nitrogens is 4. The molecule has 2 bridgehead atoms. The molecule has 2 aromatic heterocycles. The van der Waals surface area contributed by atoms with Crippen LogP contribution >= 0.6 is 0 Å². The van der Waals surface area contributed by atoms with Crippen LogP contribution in [0.2, 0.25) is 0 Å². The molecule has 7 nitrogen and oxygen atoms in total. The van der Waals surface area contributed by atoms with Gasteiger partial charge in [-0.2, -0.15) is 5.10 Å². The maximum Gasteiger partial charge on any atom is 0.318 e. The SMILES string of the molecule is c1n[nH]cc1-c1nnc(N2CCN3CCC2CC3)o1. The number of anilines is 1. The van der Waals surface area contributed by atoms with E-state index in [9.17, 15) is 0 Å². The van der Waals surface area contributed by atoms with Gasteiger partial charge in [-0.15, -0.1) is 5.10 Å². The lowest BCUT2D eigenvalue weighted by Crippen LogP contribution is -2.38. The van der Waals surface area contributed by atoms with Gasteiger partial charge in [0.15, 0.2) is 0 Å². The predicted molar refractivity (Wildman–Crippen MR) is 68.7 cm³/mol. The largest absolute Gasteiger partial charge is 0.403 e. The molecule has 0 amide bonds. The molecule has 0 spiro atoms. The summed E-state index contributed by atoms with van der Waals surface area (Å²) >= 11 is 0. The molecule has 3 aliphatic heterocycles. The Morgan fingerprint density at radius 2 is 2.05 bits per heavy atom. The quantitative estimate of drug-likeness (QED) is 0.858. The van der Waals surface area contributed by atoms with E-state index in [4.69, 9.17) is 4.42 Å². The molecule has 0 unspecified atom stereocenters. The third-order valence-electron chi connectivity index (χ3n) is 4.06. The van der Waals surface area contributed by atoms with E-state index in [1.165, 1.54) is 25.9 Å². The van der Waals surface area contributed by atoms with Crippen molar-refractivity contribution in [2.45, 2.75) is 18.9 Å². The minimum absolute atomic E-state index is 0.530. The Balaban J connectivity index is 1.62. The van der Waals surface area contributed by atoms with E-state index < -0.39 is 0 Å². The Bertz CT molecular complexity index is 542. The molecule has 5 heterocycles. The van der Waals surface area contributed by atoms with Crippen molar-refractivity contribution in [2.24, 2.45) is 0 Å². The van der Waals surface area contributed by atoms with Gasteiger partial charge in [0.1, 0.15) is 0 Å². The lowest BCUT2D eigenvalue weighted by atomic mass is 10.1. The number of H-pyrrole nitrogens is 1. The van der Waals surface area contributed by atoms with E-state index in [-0.39, 0.29) is 0 Å². The Morgan fingerprint density at radius 1 is 1.16 bits per heavy atom. The molecule has 0 aliphatic carbocycles. The summed E-state index contributed by atoms with van der Waals surface area (Å²) in [7, 11) is 0. The van der Waals surface area contributed by atoms with Gasteiger partial charge in [0.2, 0.25) is 0 Å². The third-order valence-corrected chi connectivity index (χ3v) is 4.06. The standard InChI is InChI=1S/C12H16N6O/c1-3-17-4-2-10(1)18(6-5-17)12-16-15-11(19-12)9-7-13-14-8-9/h7-8,10H,1-6H2,(H,13,14). The molecular weight excluding hydrogens is 244 g/mol. The van der Waals surface area contributed by atoms with Crippen molar-refractivity contribution in [1.82, 2.24) is 25.3 Å². The fraction of sp³-hybridized carbons (Fsp3) is 0.583. The molecule has 19 heavy (non-hydrogen) atoms. The molecule has 0 saturated carbocycles. The maximum atomic E-state index is 5.80. The predicted octanol–water partition coefficient (Wildman–Crippen LogP) is 0.744. The van der Waals surface area contributed by atoms with Gasteiger partial charge < -0.3 is 14.2 Å².